The first kappa shape index (κ1) is 23.2. The molecule has 0 radical (unpaired) electrons. The second kappa shape index (κ2) is 11.2. The summed E-state index contributed by atoms with van der Waals surface area (Å²) in [6.07, 6.45) is 1.72. The number of carbonyl (C=O) groups is 1. The van der Waals surface area contributed by atoms with Crippen molar-refractivity contribution in [1.82, 2.24) is 0 Å². The maximum Gasteiger partial charge on any atom is 0.264 e. The van der Waals surface area contributed by atoms with E-state index in [0.717, 1.165) is 18.1 Å². The number of aldehydes is 1. The Hall–Kier alpha value is -3.10. The fourth-order valence-electron chi connectivity index (χ4n) is 2.24. The summed E-state index contributed by atoms with van der Waals surface area (Å²) in [7, 11) is -3.46. The highest BCUT2D eigenvalue weighted by atomic mass is 32.2. The van der Waals surface area contributed by atoms with Crippen molar-refractivity contribution < 1.29 is 30.9 Å². The predicted molar refractivity (Wildman–Crippen MR) is 109 cm³/mol. The Kier molecular flexibility index (Phi) is 8.64. The van der Waals surface area contributed by atoms with Crippen LogP contribution in [0, 0.1) is 11.6 Å². The van der Waals surface area contributed by atoms with Crippen LogP contribution in [0.5, 0.6) is 5.75 Å². The van der Waals surface area contributed by atoms with E-state index in [2.05, 4.69) is 4.18 Å². The molecule has 0 aliphatic rings. The van der Waals surface area contributed by atoms with Gasteiger partial charge in [0.1, 0.15) is 30.3 Å². The lowest BCUT2D eigenvalue weighted by Gasteiger charge is -2.06. The number of carbonyl (C=O) groups excluding carboxylic acids is 1. The summed E-state index contributed by atoms with van der Waals surface area (Å²) in [5.41, 5.74) is 1.86. The van der Waals surface area contributed by atoms with Gasteiger partial charge in [0.05, 0.1) is 12.9 Å². The molecule has 0 fully saturated rings. The van der Waals surface area contributed by atoms with Crippen LogP contribution in [0.4, 0.5) is 8.78 Å². The summed E-state index contributed by atoms with van der Waals surface area (Å²) in [6, 6.07) is 18.6. The van der Waals surface area contributed by atoms with E-state index in [4.69, 9.17) is 4.74 Å². The second-order valence-corrected chi connectivity index (χ2v) is 7.85. The zero-order valence-corrected chi connectivity index (χ0v) is 16.9. The first-order valence-corrected chi connectivity index (χ1v) is 10.6. The van der Waals surface area contributed by atoms with Gasteiger partial charge in [-0.1, -0.05) is 24.3 Å². The zero-order valence-electron chi connectivity index (χ0n) is 16.1. The summed E-state index contributed by atoms with van der Waals surface area (Å²) in [6.45, 7) is 0.175. The minimum Gasteiger partial charge on any atom is -0.489 e. The second-order valence-electron chi connectivity index (χ2n) is 6.20. The Morgan fingerprint density at radius 2 is 1.37 bits per heavy atom. The average Bonchev–Trinajstić information content (AvgIpc) is 2.71. The molecule has 3 aromatic rings. The predicted octanol–water partition coefficient (Wildman–Crippen LogP) is 4.52. The number of hydrogen-bond donors (Lipinski definition) is 0. The van der Waals surface area contributed by atoms with Crippen LogP contribution in [0.1, 0.15) is 21.5 Å². The Morgan fingerprint density at radius 3 is 1.83 bits per heavy atom. The van der Waals surface area contributed by atoms with E-state index < -0.39 is 15.9 Å². The molecule has 5 nitrogen and oxygen atoms in total. The molecule has 0 spiro atoms. The van der Waals surface area contributed by atoms with Crippen molar-refractivity contribution in [3.8, 4) is 5.75 Å². The fraction of sp³-hybridized carbons (Fsp3) is 0.136. The quantitative estimate of drug-likeness (QED) is 0.404. The van der Waals surface area contributed by atoms with Gasteiger partial charge in [-0.05, 0) is 59.7 Å². The van der Waals surface area contributed by atoms with E-state index in [1.165, 1.54) is 30.3 Å². The zero-order chi connectivity index (χ0) is 22.0. The molecular weight excluding hydrogens is 414 g/mol. The van der Waals surface area contributed by atoms with Crippen LogP contribution in [-0.4, -0.2) is 21.0 Å². The van der Waals surface area contributed by atoms with E-state index in [1.807, 2.05) is 0 Å². The highest BCUT2D eigenvalue weighted by Crippen LogP contribution is 2.14. The smallest absolute Gasteiger partial charge is 0.264 e. The molecule has 8 heteroatoms. The van der Waals surface area contributed by atoms with Crippen LogP contribution in [0.15, 0.2) is 72.8 Å². The lowest BCUT2D eigenvalue weighted by molar-refractivity contribution is 0.112. The Balaban J connectivity index is 0.000000222. The molecule has 0 saturated carbocycles. The first-order chi connectivity index (χ1) is 14.2. The van der Waals surface area contributed by atoms with Gasteiger partial charge in [-0.15, -0.1) is 0 Å². The molecular formula is C22H20F2O5S. The van der Waals surface area contributed by atoms with E-state index >= 15 is 0 Å². The molecule has 0 N–H and O–H groups in total. The summed E-state index contributed by atoms with van der Waals surface area (Å²) >= 11 is 0. The summed E-state index contributed by atoms with van der Waals surface area (Å²) in [5, 5.41) is 0. The van der Waals surface area contributed by atoms with Gasteiger partial charge in [-0.3, -0.25) is 8.98 Å². The first-order valence-electron chi connectivity index (χ1n) is 8.76. The molecule has 158 valence electrons. The highest BCUT2D eigenvalue weighted by Gasteiger charge is 2.02. The normalized spacial score (nSPS) is 10.6. The van der Waals surface area contributed by atoms with E-state index in [0.29, 0.717) is 23.5 Å². The maximum absolute atomic E-state index is 12.9. The van der Waals surface area contributed by atoms with Crippen LogP contribution in [-0.2, 0) is 27.5 Å². The van der Waals surface area contributed by atoms with Gasteiger partial charge in [-0.25, -0.2) is 8.78 Å². The molecule has 3 aromatic carbocycles. The summed E-state index contributed by atoms with van der Waals surface area (Å²) in [5.74, 6) is -0.0307. The standard InChI is InChI=1S/C14H11FO2.C8H9FO3S/c15-13-3-1-2-12(8-13)10-17-14-6-4-11(9-16)5-7-14;1-13(10,11)12-6-7-3-2-4-8(9)5-7/h1-9H,10H2;2-5H,6H2,1H3. The van der Waals surface area contributed by atoms with Gasteiger partial charge < -0.3 is 4.74 Å². The molecule has 0 bridgehead atoms. The molecule has 0 unspecified atom stereocenters. The third-order valence-corrected chi connectivity index (χ3v) is 4.19. The topological polar surface area (TPSA) is 69.7 Å². The largest absolute Gasteiger partial charge is 0.489 e. The number of halogens is 2. The molecule has 0 amide bonds. The van der Waals surface area contributed by atoms with Crippen LogP contribution < -0.4 is 4.74 Å². The van der Waals surface area contributed by atoms with Gasteiger partial charge in [0.25, 0.3) is 10.1 Å². The minimum atomic E-state index is -3.46. The van der Waals surface area contributed by atoms with Crippen molar-refractivity contribution >= 4 is 16.4 Å². The van der Waals surface area contributed by atoms with Crippen molar-refractivity contribution in [2.24, 2.45) is 0 Å². The Morgan fingerprint density at radius 1 is 0.833 bits per heavy atom. The Labute approximate surface area is 174 Å². The number of ether oxygens (including phenoxy) is 1. The SMILES string of the molecule is CS(=O)(=O)OCc1cccc(F)c1.O=Cc1ccc(OCc2cccc(F)c2)cc1. The molecule has 0 aliphatic heterocycles. The number of rotatable bonds is 7. The molecule has 30 heavy (non-hydrogen) atoms. The average molecular weight is 434 g/mol. The van der Waals surface area contributed by atoms with Crippen LogP contribution in [0.25, 0.3) is 0 Å². The number of hydrogen-bond acceptors (Lipinski definition) is 5. The van der Waals surface area contributed by atoms with Gasteiger partial charge >= 0.3 is 0 Å². The fourth-order valence-corrected chi connectivity index (χ4v) is 2.59. The van der Waals surface area contributed by atoms with Gasteiger partial charge in [0.15, 0.2) is 0 Å². The van der Waals surface area contributed by atoms with Crippen molar-refractivity contribution in [1.29, 1.82) is 0 Å². The van der Waals surface area contributed by atoms with E-state index in [1.54, 1.807) is 42.5 Å². The van der Waals surface area contributed by atoms with Gasteiger partial charge in [-0.2, -0.15) is 8.42 Å². The minimum absolute atomic E-state index is 0.128. The van der Waals surface area contributed by atoms with Crippen molar-refractivity contribution in [3.63, 3.8) is 0 Å². The number of benzene rings is 3. The molecule has 0 atom stereocenters. The molecule has 0 aromatic heterocycles. The van der Waals surface area contributed by atoms with E-state index in [9.17, 15) is 22.0 Å². The van der Waals surface area contributed by atoms with Crippen LogP contribution in [0.3, 0.4) is 0 Å². The maximum atomic E-state index is 12.9. The van der Waals surface area contributed by atoms with Gasteiger partial charge in [0.2, 0.25) is 0 Å². The molecule has 0 heterocycles. The van der Waals surface area contributed by atoms with Gasteiger partial charge in [0, 0.05) is 5.56 Å². The van der Waals surface area contributed by atoms with Crippen molar-refractivity contribution in [3.05, 3.63) is 101 Å². The molecule has 3 rings (SSSR count). The Bertz CT molecular complexity index is 1070. The highest BCUT2D eigenvalue weighted by molar-refractivity contribution is 7.85. The van der Waals surface area contributed by atoms with Crippen LogP contribution in [0.2, 0.25) is 0 Å². The lowest BCUT2D eigenvalue weighted by atomic mass is 10.2. The summed E-state index contributed by atoms with van der Waals surface area (Å²) < 4.78 is 56.6. The third kappa shape index (κ3) is 8.93. The molecule has 0 aliphatic carbocycles. The third-order valence-electron chi connectivity index (χ3n) is 3.64. The monoisotopic (exact) mass is 434 g/mol. The van der Waals surface area contributed by atoms with Crippen LogP contribution >= 0.6 is 0 Å². The van der Waals surface area contributed by atoms with Crippen molar-refractivity contribution in [2.75, 3.05) is 6.26 Å². The summed E-state index contributed by atoms with van der Waals surface area (Å²) in [4.78, 5) is 10.5. The van der Waals surface area contributed by atoms with E-state index in [-0.39, 0.29) is 12.4 Å². The van der Waals surface area contributed by atoms with Crippen molar-refractivity contribution in [2.45, 2.75) is 13.2 Å². The molecule has 0 saturated heterocycles. The lowest BCUT2D eigenvalue weighted by Crippen LogP contribution is -2.02.